The van der Waals surface area contributed by atoms with Crippen molar-refractivity contribution in [1.29, 1.82) is 0 Å². The lowest BCUT2D eigenvalue weighted by Crippen LogP contribution is -2.55. The van der Waals surface area contributed by atoms with E-state index in [-0.39, 0.29) is 24.5 Å². The highest BCUT2D eigenvalue weighted by atomic mass is 35.5. The second-order valence-corrected chi connectivity index (χ2v) is 6.60. The van der Waals surface area contributed by atoms with Gasteiger partial charge in [0.25, 0.3) is 5.91 Å². The van der Waals surface area contributed by atoms with Crippen molar-refractivity contribution in [3.8, 4) is 0 Å². The van der Waals surface area contributed by atoms with Gasteiger partial charge in [0.1, 0.15) is 6.10 Å². The number of anilines is 1. The van der Waals surface area contributed by atoms with Crippen LogP contribution in [0.15, 0.2) is 24.3 Å². The monoisotopic (exact) mass is 366 g/mol. The van der Waals surface area contributed by atoms with Crippen molar-refractivity contribution in [3.05, 3.63) is 29.3 Å². The maximum Gasteiger partial charge on any atom is 0.253 e. The predicted molar refractivity (Wildman–Crippen MR) is 95.7 cm³/mol. The Morgan fingerprint density at radius 3 is 2.68 bits per heavy atom. The SMILES string of the molecule is O=C(CN1CCN(C(=O)C2CNCCO2)CC1)Nc1ccccc1Cl. The average molecular weight is 367 g/mol. The van der Waals surface area contributed by atoms with Gasteiger partial charge in [-0.25, -0.2) is 0 Å². The number of ether oxygens (including phenoxy) is 1. The molecule has 1 atom stereocenters. The Hall–Kier alpha value is -1.67. The number of carbonyl (C=O) groups is 2. The highest BCUT2D eigenvalue weighted by molar-refractivity contribution is 6.33. The maximum absolute atomic E-state index is 12.4. The normalized spacial score (nSPS) is 21.8. The molecule has 8 heteroatoms. The molecule has 2 amide bonds. The number of carbonyl (C=O) groups excluding carboxylic acids is 2. The molecule has 2 heterocycles. The van der Waals surface area contributed by atoms with Crippen LogP contribution in [0.4, 0.5) is 5.69 Å². The number of para-hydroxylation sites is 1. The molecule has 2 N–H and O–H groups in total. The molecule has 0 aromatic heterocycles. The molecule has 0 bridgehead atoms. The summed E-state index contributed by atoms with van der Waals surface area (Å²) >= 11 is 6.05. The predicted octanol–water partition coefficient (Wildman–Crippen LogP) is 0.411. The van der Waals surface area contributed by atoms with Crippen LogP contribution in [0.3, 0.4) is 0 Å². The Kier molecular flexibility index (Phi) is 6.25. The Morgan fingerprint density at radius 1 is 1.24 bits per heavy atom. The number of rotatable bonds is 4. The second-order valence-electron chi connectivity index (χ2n) is 6.19. The zero-order valence-corrected chi connectivity index (χ0v) is 14.8. The van der Waals surface area contributed by atoms with Gasteiger partial charge >= 0.3 is 0 Å². The molecule has 2 saturated heterocycles. The molecular weight excluding hydrogens is 344 g/mol. The summed E-state index contributed by atoms with van der Waals surface area (Å²) in [6.45, 7) is 4.77. The van der Waals surface area contributed by atoms with Gasteiger partial charge < -0.3 is 20.3 Å². The van der Waals surface area contributed by atoms with E-state index < -0.39 is 0 Å². The summed E-state index contributed by atoms with van der Waals surface area (Å²) in [5.41, 5.74) is 0.616. The minimum atomic E-state index is -0.385. The van der Waals surface area contributed by atoms with Crippen LogP contribution in [-0.2, 0) is 14.3 Å². The number of nitrogens with one attached hydrogen (secondary N) is 2. The number of nitrogens with zero attached hydrogens (tertiary/aromatic N) is 2. The summed E-state index contributed by atoms with van der Waals surface area (Å²) in [5, 5.41) is 6.51. The summed E-state index contributed by atoms with van der Waals surface area (Å²) in [7, 11) is 0. The van der Waals surface area contributed by atoms with E-state index in [1.54, 1.807) is 12.1 Å². The Morgan fingerprint density at radius 2 is 2.00 bits per heavy atom. The molecule has 2 aliphatic heterocycles. The molecule has 0 aliphatic carbocycles. The Labute approximate surface area is 152 Å². The Bertz CT molecular complexity index is 614. The van der Waals surface area contributed by atoms with Gasteiger partial charge in [-0.1, -0.05) is 23.7 Å². The van der Waals surface area contributed by atoms with Crippen LogP contribution in [0.2, 0.25) is 5.02 Å². The van der Waals surface area contributed by atoms with E-state index in [0.29, 0.717) is 50.0 Å². The number of morpholine rings is 1. The van der Waals surface area contributed by atoms with E-state index >= 15 is 0 Å². The first kappa shape index (κ1) is 18.1. The zero-order chi connectivity index (χ0) is 17.6. The van der Waals surface area contributed by atoms with Crippen LogP contribution in [0.25, 0.3) is 0 Å². The number of amides is 2. The lowest BCUT2D eigenvalue weighted by Gasteiger charge is -2.36. The summed E-state index contributed by atoms with van der Waals surface area (Å²) in [6, 6.07) is 7.16. The first-order chi connectivity index (χ1) is 12.1. The van der Waals surface area contributed by atoms with E-state index in [0.717, 1.165) is 6.54 Å². The summed E-state index contributed by atoms with van der Waals surface area (Å²) < 4.78 is 5.52. The van der Waals surface area contributed by atoms with Crippen molar-refractivity contribution in [3.63, 3.8) is 0 Å². The fourth-order valence-corrected chi connectivity index (χ4v) is 3.19. The van der Waals surface area contributed by atoms with Crippen molar-refractivity contribution in [2.75, 3.05) is 57.7 Å². The second kappa shape index (κ2) is 8.62. The average Bonchev–Trinajstić information content (AvgIpc) is 2.64. The largest absolute Gasteiger partial charge is 0.366 e. The molecule has 3 rings (SSSR count). The van der Waals surface area contributed by atoms with Gasteiger partial charge in [0.15, 0.2) is 0 Å². The van der Waals surface area contributed by atoms with Crippen LogP contribution in [0.1, 0.15) is 0 Å². The molecule has 0 radical (unpaired) electrons. The first-order valence-corrected chi connectivity index (χ1v) is 8.89. The summed E-state index contributed by atoms with van der Waals surface area (Å²) in [5.74, 6) is -0.0694. The van der Waals surface area contributed by atoms with Crippen molar-refractivity contribution in [2.45, 2.75) is 6.10 Å². The van der Waals surface area contributed by atoms with E-state index in [4.69, 9.17) is 16.3 Å². The number of piperazine rings is 1. The third kappa shape index (κ3) is 4.92. The van der Waals surface area contributed by atoms with Gasteiger partial charge in [-0.3, -0.25) is 14.5 Å². The van der Waals surface area contributed by atoms with Crippen LogP contribution < -0.4 is 10.6 Å². The van der Waals surface area contributed by atoms with Crippen molar-refractivity contribution >= 4 is 29.1 Å². The van der Waals surface area contributed by atoms with Crippen LogP contribution in [-0.4, -0.2) is 80.1 Å². The van der Waals surface area contributed by atoms with E-state index in [1.165, 1.54) is 0 Å². The van der Waals surface area contributed by atoms with Crippen LogP contribution in [0, 0.1) is 0 Å². The highest BCUT2D eigenvalue weighted by Crippen LogP contribution is 2.20. The number of hydrogen-bond donors (Lipinski definition) is 2. The van der Waals surface area contributed by atoms with Gasteiger partial charge in [0, 0.05) is 39.3 Å². The molecule has 0 saturated carbocycles. The number of hydrogen-bond acceptors (Lipinski definition) is 5. The van der Waals surface area contributed by atoms with Gasteiger partial charge in [0.2, 0.25) is 5.91 Å². The molecule has 136 valence electrons. The van der Waals surface area contributed by atoms with Gasteiger partial charge in [-0.2, -0.15) is 0 Å². The molecule has 1 aromatic carbocycles. The van der Waals surface area contributed by atoms with Gasteiger partial charge in [-0.05, 0) is 12.1 Å². The molecule has 1 unspecified atom stereocenters. The van der Waals surface area contributed by atoms with Crippen molar-refractivity contribution in [1.82, 2.24) is 15.1 Å². The fraction of sp³-hybridized carbons (Fsp3) is 0.529. The molecule has 7 nitrogen and oxygen atoms in total. The molecule has 25 heavy (non-hydrogen) atoms. The molecular formula is C17H23ClN4O3. The van der Waals surface area contributed by atoms with E-state index in [1.807, 2.05) is 21.9 Å². The lowest BCUT2D eigenvalue weighted by molar-refractivity contribution is -0.147. The van der Waals surface area contributed by atoms with Crippen molar-refractivity contribution in [2.24, 2.45) is 0 Å². The number of benzene rings is 1. The molecule has 2 fully saturated rings. The third-order valence-electron chi connectivity index (χ3n) is 4.40. The van der Waals surface area contributed by atoms with Crippen molar-refractivity contribution < 1.29 is 14.3 Å². The molecule has 2 aliphatic rings. The van der Waals surface area contributed by atoms with Crippen LogP contribution in [0.5, 0.6) is 0 Å². The minimum absolute atomic E-state index is 0.0346. The minimum Gasteiger partial charge on any atom is -0.366 e. The lowest BCUT2D eigenvalue weighted by atomic mass is 10.2. The standard InChI is InChI=1S/C17H23ClN4O3/c18-13-3-1-2-4-14(13)20-16(23)12-21-6-8-22(9-7-21)17(24)15-11-19-5-10-25-15/h1-4,15,19H,5-12H2,(H,20,23). The Balaban J connectivity index is 1.43. The summed E-state index contributed by atoms with van der Waals surface area (Å²) in [4.78, 5) is 28.4. The maximum atomic E-state index is 12.4. The van der Waals surface area contributed by atoms with Crippen LogP contribution >= 0.6 is 11.6 Å². The fourth-order valence-electron chi connectivity index (χ4n) is 3.01. The van der Waals surface area contributed by atoms with E-state index in [2.05, 4.69) is 10.6 Å². The third-order valence-corrected chi connectivity index (χ3v) is 4.73. The molecule has 1 aromatic rings. The zero-order valence-electron chi connectivity index (χ0n) is 14.0. The highest BCUT2D eigenvalue weighted by Gasteiger charge is 2.29. The smallest absolute Gasteiger partial charge is 0.253 e. The summed E-state index contributed by atoms with van der Waals surface area (Å²) in [6.07, 6.45) is -0.385. The quantitative estimate of drug-likeness (QED) is 0.807. The van der Waals surface area contributed by atoms with E-state index in [9.17, 15) is 9.59 Å². The number of halogens is 1. The molecule has 0 spiro atoms. The first-order valence-electron chi connectivity index (χ1n) is 8.51. The van der Waals surface area contributed by atoms with Gasteiger partial charge in [0.05, 0.1) is 23.9 Å². The van der Waals surface area contributed by atoms with Gasteiger partial charge in [-0.15, -0.1) is 0 Å². The topological polar surface area (TPSA) is 73.9 Å².